The molecule has 2 atom stereocenters. The van der Waals surface area contributed by atoms with Gasteiger partial charge in [0.2, 0.25) is 0 Å². The number of nitrogens with two attached hydrogens (primary N) is 1. The number of aromatic nitrogens is 2. The lowest BCUT2D eigenvalue weighted by Crippen LogP contribution is -2.47. The molecule has 1 aromatic heterocycles. The van der Waals surface area contributed by atoms with Crippen molar-refractivity contribution in [3.63, 3.8) is 0 Å². The van der Waals surface area contributed by atoms with Crippen LogP contribution in [0.3, 0.4) is 0 Å². The molecule has 8 heteroatoms. The van der Waals surface area contributed by atoms with Crippen molar-refractivity contribution in [3.05, 3.63) is 11.2 Å². The average Bonchev–Trinajstić information content (AvgIpc) is 2.75. The number of nitrogen functional groups attached to an aromatic ring is 1. The Labute approximate surface area is 128 Å². The van der Waals surface area contributed by atoms with Crippen molar-refractivity contribution in [3.8, 4) is 0 Å². The summed E-state index contributed by atoms with van der Waals surface area (Å²) in [4.78, 5) is 18.0. The van der Waals surface area contributed by atoms with E-state index < -0.39 is 0 Å². The first-order valence-electron chi connectivity index (χ1n) is 6.97. The van der Waals surface area contributed by atoms with Gasteiger partial charge in [0.15, 0.2) is 11.0 Å². The van der Waals surface area contributed by atoms with Gasteiger partial charge >= 0.3 is 6.03 Å². The number of carbonyl (C=O) groups is 1. The van der Waals surface area contributed by atoms with Crippen LogP contribution < -0.4 is 10.6 Å². The molecule has 2 aliphatic heterocycles. The van der Waals surface area contributed by atoms with E-state index >= 15 is 0 Å². The number of amides is 2. The molecule has 3 heterocycles. The van der Waals surface area contributed by atoms with Crippen molar-refractivity contribution in [2.45, 2.75) is 12.5 Å². The Morgan fingerprint density at radius 3 is 2.86 bits per heavy atom. The highest BCUT2D eigenvalue weighted by atomic mass is 35.5. The minimum Gasteiger partial charge on any atom is -0.380 e. The van der Waals surface area contributed by atoms with Crippen LogP contribution >= 0.6 is 11.6 Å². The minimum absolute atomic E-state index is 0.0724. The second-order valence-corrected chi connectivity index (χ2v) is 6.31. The van der Waals surface area contributed by atoms with Gasteiger partial charge in [-0.25, -0.2) is 4.79 Å². The van der Waals surface area contributed by atoms with Gasteiger partial charge in [-0.1, -0.05) is 11.6 Å². The van der Waals surface area contributed by atoms with E-state index in [-0.39, 0.29) is 12.1 Å². The second kappa shape index (κ2) is 5.22. The average molecular weight is 311 g/mol. The Balaban J connectivity index is 1.81. The SMILES string of the molecule is CN(C)C(=O)N1CC2CC1CN(c1cc(Cl)nnc1N)C2. The molecule has 21 heavy (non-hydrogen) atoms. The van der Waals surface area contributed by atoms with Crippen molar-refractivity contribution in [2.24, 2.45) is 5.92 Å². The van der Waals surface area contributed by atoms with Gasteiger partial charge in [-0.2, -0.15) is 0 Å². The molecule has 0 aromatic carbocycles. The number of piperidine rings is 1. The molecule has 0 aliphatic carbocycles. The van der Waals surface area contributed by atoms with Crippen LogP contribution in [0.1, 0.15) is 6.42 Å². The molecule has 2 aliphatic rings. The maximum Gasteiger partial charge on any atom is 0.319 e. The Hall–Kier alpha value is -1.76. The summed E-state index contributed by atoms with van der Waals surface area (Å²) in [6.45, 7) is 2.41. The van der Waals surface area contributed by atoms with E-state index in [1.165, 1.54) is 0 Å². The van der Waals surface area contributed by atoms with Gasteiger partial charge in [-0.15, -0.1) is 10.2 Å². The highest BCUT2D eigenvalue weighted by Gasteiger charge is 2.41. The number of fused-ring (bicyclic) bond motifs is 2. The van der Waals surface area contributed by atoms with Crippen LogP contribution in [0.4, 0.5) is 16.3 Å². The van der Waals surface area contributed by atoms with Gasteiger partial charge in [-0.05, 0) is 12.3 Å². The molecule has 0 saturated carbocycles. The summed E-state index contributed by atoms with van der Waals surface area (Å²) in [6.07, 6.45) is 1.04. The third-order valence-corrected chi connectivity index (χ3v) is 4.34. The van der Waals surface area contributed by atoms with Crippen LogP contribution in [0.2, 0.25) is 5.15 Å². The molecule has 2 fully saturated rings. The summed E-state index contributed by atoms with van der Waals surface area (Å²) in [6, 6.07) is 2.03. The number of halogens is 1. The Morgan fingerprint density at radius 2 is 2.14 bits per heavy atom. The highest BCUT2D eigenvalue weighted by molar-refractivity contribution is 6.29. The molecular weight excluding hydrogens is 292 g/mol. The van der Waals surface area contributed by atoms with Crippen LogP contribution in [-0.2, 0) is 0 Å². The largest absolute Gasteiger partial charge is 0.380 e. The summed E-state index contributed by atoms with van der Waals surface area (Å²) in [7, 11) is 3.57. The van der Waals surface area contributed by atoms with Crippen molar-refractivity contribution in [2.75, 3.05) is 44.4 Å². The first-order valence-corrected chi connectivity index (χ1v) is 7.35. The standard InChI is InChI=1S/C13H19ClN6O/c1-18(2)13(21)20-6-8-3-9(20)7-19(5-8)10-4-11(14)16-17-12(10)15/h4,8-9H,3,5-7H2,1-2H3,(H2,15,17). The Bertz CT molecular complexity index is 566. The number of nitrogens with zero attached hydrogens (tertiary/aromatic N) is 5. The maximum absolute atomic E-state index is 12.2. The molecule has 0 spiro atoms. The van der Waals surface area contributed by atoms with Gasteiger partial charge in [0.1, 0.15) is 0 Å². The smallest absolute Gasteiger partial charge is 0.319 e. The molecule has 7 nitrogen and oxygen atoms in total. The van der Waals surface area contributed by atoms with Crippen LogP contribution in [0.25, 0.3) is 0 Å². The zero-order valence-electron chi connectivity index (χ0n) is 12.2. The first-order chi connectivity index (χ1) is 9.95. The monoisotopic (exact) mass is 310 g/mol. The van der Waals surface area contributed by atoms with E-state index in [0.717, 1.165) is 31.7 Å². The second-order valence-electron chi connectivity index (χ2n) is 5.93. The summed E-state index contributed by atoms with van der Waals surface area (Å²) in [5.41, 5.74) is 6.72. The summed E-state index contributed by atoms with van der Waals surface area (Å²) >= 11 is 5.92. The summed E-state index contributed by atoms with van der Waals surface area (Å²) in [5, 5.41) is 7.95. The molecule has 2 amide bonds. The fraction of sp³-hybridized carbons (Fsp3) is 0.615. The van der Waals surface area contributed by atoms with E-state index in [0.29, 0.717) is 16.9 Å². The van der Waals surface area contributed by atoms with Crippen molar-refractivity contribution in [1.82, 2.24) is 20.0 Å². The van der Waals surface area contributed by atoms with Crippen molar-refractivity contribution >= 4 is 29.1 Å². The van der Waals surface area contributed by atoms with Crippen LogP contribution in [-0.4, -0.2) is 65.8 Å². The molecular formula is C13H19ClN6O. The number of likely N-dealkylation sites (tertiary alicyclic amines) is 1. The normalized spacial score (nSPS) is 24.3. The maximum atomic E-state index is 12.2. The predicted molar refractivity (Wildman–Crippen MR) is 81.4 cm³/mol. The third-order valence-electron chi connectivity index (χ3n) is 4.15. The van der Waals surface area contributed by atoms with E-state index in [2.05, 4.69) is 15.1 Å². The van der Waals surface area contributed by atoms with Gasteiger partial charge in [0.25, 0.3) is 0 Å². The van der Waals surface area contributed by atoms with Crippen molar-refractivity contribution < 1.29 is 4.79 Å². The van der Waals surface area contributed by atoms with E-state index in [1.807, 2.05) is 4.90 Å². The van der Waals surface area contributed by atoms with E-state index in [4.69, 9.17) is 17.3 Å². The van der Waals surface area contributed by atoms with Gasteiger partial charge in [0, 0.05) is 39.8 Å². The first kappa shape index (κ1) is 14.2. The number of hydrogen-bond acceptors (Lipinski definition) is 5. The van der Waals surface area contributed by atoms with Gasteiger partial charge in [-0.3, -0.25) is 0 Å². The zero-order valence-corrected chi connectivity index (χ0v) is 12.9. The number of urea groups is 1. The predicted octanol–water partition coefficient (Wildman–Crippen LogP) is 0.904. The molecule has 2 N–H and O–H groups in total. The Morgan fingerprint density at radius 1 is 1.38 bits per heavy atom. The third kappa shape index (κ3) is 2.57. The van der Waals surface area contributed by atoms with Crippen LogP contribution in [0, 0.1) is 5.92 Å². The molecule has 0 radical (unpaired) electrons. The fourth-order valence-corrected chi connectivity index (χ4v) is 3.41. The lowest BCUT2D eigenvalue weighted by molar-refractivity contribution is 0.167. The molecule has 114 valence electrons. The zero-order chi connectivity index (χ0) is 15.1. The number of rotatable bonds is 1. The molecule has 3 rings (SSSR count). The van der Waals surface area contributed by atoms with E-state index in [1.54, 1.807) is 25.1 Å². The summed E-state index contributed by atoms with van der Waals surface area (Å²) in [5.74, 6) is 0.838. The van der Waals surface area contributed by atoms with Gasteiger partial charge in [0.05, 0.1) is 11.7 Å². The fourth-order valence-electron chi connectivity index (χ4n) is 3.27. The highest BCUT2D eigenvalue weighted by Crippen LogP contribution is 2.34. The lowest BCUT2D eigenvalue weighted by atomic mass is 9.99. The molecule has 1 aromatic rings. The van der Waals surface area contributed by atoms with Crippen LogP contribution in [0.15, 0.2) is 6.07 Å². The van der Waals surface area contributed by atoms with Crippen LogP contribution in [0.5, 0.6) is 0 Å². The molecule has 2 saturated heterocycles. The quantitative estimate of drug-likeness (QED) is 0.834. The molecule has 2 unspecified atom stereocenters. The number of anilines is 2. The lowest BCUT2D eigenvalue weighted by Gasteiger charge is -2.35. The summed E-state index contributed by atoms with van der Waals surface area (Å²) < 4.78 is 0. The van der Waals surface area contributed by atoms with Crippen molar-refractivity contribution in [1.29, 1.82) is 0 Å². The van der Waals surface area contributed by atoms with E-state index in [9.17, 15) is 4.79 Å². The molecule has 2 bridgehead atoms. The topological polar surface area (TPSA) is 78.6 Å². The van der Waals surface area contributed by atoms with Gasteiger partial charge < -0.3 is 20.4 Å². The number of carbonyl (C=O) groups excluding carboxylic acids is 1. The number of hydrogen-bond donors (Lipinski definition) is 1. The Kier molecular flexibility index (Phi) is 3.52. The minimum atomic E-state index is 0.0724.